The molecule has 102 valence electrons. The van der Waals surface area contributed by atoms with Crippen molar-refractivity contribution in [2.45, 2.75) is 11.8 Å². The number of sulfonamides is 1. The summed E-state index contributed by atoms with van der Waals surface area (Å²) in [6, 6.07) is 4.34. The molecule has 5 nitrogen and oxygen atoms in total. The van der Waals surface area contributed by atoms with Crippen molar-refractivity contribution in [1.29, 1.82) is 0 Å². The molecule has 1 rings (SSSR count). The SMILES string of the molecule is CCOCCN(C)S(=O)(=O)c1ccc(N)cc1Cl. The minimum absolute atomic E-state index is 0.0531. The van der Waals surface area contributed by atoms with Crippen LogP contribution in [0.25, 0.3) is 0 Å². The molecule has 2 N–H and O–H groups in total. The van der Waals surface area contributed by atoms with Crippen LogP contribution >= 0.6 is 11.6 Å². The van der Waals surface area contributed by atoms with Crippen molar-refractivity contribution >= 4 is 27.3 Å². The largest absolute Gasteiger partial charge is 0.399 e. The van der Waals surface area contributed by atoms with Gasteiger partial charge in [-0.2, -0.15) is 4.31 Å². The lowest BCUT2D eigenvalue weighted by Crippen LogP contribution is -2.30. The maximum absolute atomic E-state index is 12.2. The zero-order chi connectivity index (χ0) is 13.8. The molecule has 0 unspecified atom stereocenters. The normalized spacial score (nSPS) is 12.0. The fourth-order valence-corrected chi connectivity index (χ4v) is 3.03. The van der Waals surface area contributed by atoms with Gasteiger partial charge in [-0.25, -0.2) is 8.42 Å². The first-order valence-corrected chi connectivity index (χ1v) is 7.30. The van der Waals surface area contributed by atoms with E-state index in [1.54, 1.807) is 0 Å². The molecule has 0 amide bonds. The smallest absolute Gasteiger partial charge is 0.244 e. The highest BCUT2D eigenvalue weighted by molar-refractivity contribution is 7.89. The summed E-state index contributed by atoms with van der Waals surface area (Å²) in [6.07, 6.45) is 0. The number of nitrogen functional groups attached to an aromatic ring is 1. The Morgan fingerprint density at radius 3 is 2.67 bits per heavy atom. The molecule has 0 aliphatic heterocycles. The number of benzene rings is 1. The van der Waals surface area contributed by atoms with Crippen LogP contribution in [-0.2, 0) is 14.8 Å². The van der Waals surface area contributed by atoms with Crippen LogP contribution < -0.4 is 5.73 Å². The van der Waals surface area contributed by atoms with Crippen LogP contribution in [0.4, 0.5) is 5.69 Å². The fraction of sp³-hybridized carbons (Fsp3) is 0.455. The van der Waals surface area contributed by atoms with E-state index in [2.05, 4.69) is 0 Å². The van der Waals surface area contributed by atoms with E-state index in [9.17, 15) is 8.42 Å². The highest BCUT2D eigenvalue weighted by Crippen LogP contribution is 2.25. The van der Waals surface area contributed by atoms with Crippen molar-refractivity contribution in [3.8, 4) is 0 Å². The number of hydrogen-bond donors (Lipinski definition) is 1. The second kappa shape index (κ2) is 6.38. The van der Waals surface area contributed by atoms with Gasteiger partial charge in [-0.15, -0.1) is 0 Å². The van der Waals surface area contributed by atoms with Crippen molar-refractivity contribution in [1.82, 2.24) is 4.31 Å². The third-order valence-electron chi connectivity index (χ3n) is 2.40. The number of rotatable bonds is 6. The Balaban J connectivity index is 2.91. The van der Waals surface area contributed by atoms with Crippen molar-refractivity contribution in [3.05, 3.63) is 23.2 Å². The number of halogens is 1. The number of anilines is 1. The summed E-state index contributed by atoms with van der Waals surface area (Å²) in [7, 11) is -2.11. The van der Waals surface area contributed by atoms with E-state index >= 15 is 0 Å². The highest BCUT2D eigenvalue weighted by atomic mass is 35.5. The van der Waals surface area contributed by atoms with Crippen LogP contribution in [0, 0.1) is 0 Å². The van der Waals surface area contributed by atoms with Gasteiger partial charge in [0.05, 0.1) is 11.6 Å². The van der Waals surface area contributed by atoms with Crippen LogP contribution in [0.2, 0.25) is 5.02 Å². The molecule has 0 aromatic heterocycles. The summed E-state index contributed by atoms with van der Waals surface area (Å²) in [4.78, 5) is 0.0531. The summed E-state index contributed by atoms with van der Waals surface area (Å²) >= 11 is 5.90. The molecule has 1 aromatic rings. The van der Waals surface area contributed by atoms with Gasteiger partial charge in [0.15, 0.2) is 0 Å². The maximum Gasteiger partial charge on any atom is 0.244 e. The van der Waals surface area contributed by atoms with Gasteiger partial charge in [0.25, 0.3) is 0 Å². The van der Waals surface area contributed by atoms with Crippen LogP contribution in [0.5, 0.6) is 0 Å². The molecule has 7 heteroatoms. The van der Waals surface area contributed by atoms with Gasteiger partial charge in [0.2, 0.25) is 10.0 Å². The van der Waals surface area contributed by atoms with Crippen molar-refractivity contribution in [2.24, 2.45) is 0 Å². The number of likely N-dealkylation sites (N-methyl/N-ethyl adjacent to an activating group) is 1. The summed E-state index contributed by atoms with van der Waals surface area (Å²) in [6.45, 7) is 3.03. The Kier molecular flexibility index (Phi) is 5.40. The predicted molar refractivity (Wildman–Crippen MR) is 72.2 cm³/mol. The summed E-state index contributed by atoms with van der Waals surface area (Å²) < 4.78 is 30.7. The van der Waals surface area contributed by atoms with Crippen LogP contribution in [-0.4, -0.2) is 39.5 Å². The first kappa shape index (κ1) is 15.2. The van der Waals surface area contributed by atoms with Gasteiger partial charge in [0.1, 0.15) is 4.90 Å². The fourth-order valence-electron chi connectivity index (χ4n) is 1.35. The molecule has 0 radical (unpaired) electrons. The molecule has 0 atom stereocenters. The maximum atomic E-state index is 12.2. The number of ether oxygens (including phenoxy) is 1. The molecule has 18 heavy (non-hydrogen) atoms. The monoisotopic (exact) mass is 292 g/mol. The van der Waals surface area contributed by atoms with Crippen LogP contribution in [0.15, 0.2) is 23.1 Å². The summed E-state index contributed by atoms with van der Waals surface area (Å²) in [5.41, 5.74) is 5.96. The van der Waals surface area contributed by atoms with E-state index < -0.39 is 10.0 Å². The molecule has 0 aliphatic carbocycles. The number of nitrogens with two attached hydrogens (primary N) is 1. The second-order valence-corrected chi connectivity index (χ2v) is 6.13. The Bertz CT molecular complexity index is 505. The average molecular weight is 293 g/mol. The van der Waals surface area contributed by atoms with Crippen molar-refractivity contribution < 1.29 is 13.2 Å². The number of nitrogens with zero attached hydrogens (tertiary/aromatic N) is 1. The Hall–Kier alpha value is -0.820. The van der Waals surface area contributed by atoms with E-state index in [1.165, 1.54) is 29.6 Å². The number of hydrogen-bond acceptors (Lipinski definition) is 4. The Morgan fingerprint density at radius 2 is 2.11 bits per heavy atom. The van der Waals surface area contributed by atoms with Gasteiger partial charge in [-0.05, 0) is 25.1 Å². The van der Waals surface area contributed by atoms with E-state index in [0.29, 0.717) is 18.9 Å². The van der Waals surface area contributed by atoms with Crippen LogP contribution in [0.3, 0.4) is 0 Å². The van der Waals surface area contributed by atoms with E-state index in [0.717, 1.165) is 0 Å². The molecule has 0 fully saturated rings. The molecule has 0 spiro atoms. The second-order valence-electron chi connectivity index (χ2n) is 3.71. The lowest BCUT2D eigenvalue weighted by Gasteiger charge is -2.17. The minimum atomic E-state index is -3.60. The Morgan fingerprint density at radius 1 is 1.44 bits per heavy atom. The first-order valence-electron chi connectivity index (χ1n) is 5.48. The molecule has 0 saturated heterocycles. The topological polar surface area (TPSA) is 72.6 Å². The van der Waals surface area contributed by atoms with Gasteiger partial charge >= 0.3 is 0 Å². The van der Waals surface area contributed by atoms with Crippen LogP contribution in [0.1, 0.15) is 6.92 Å². The molecular weight excluding hydrogens is 276 g/mol. The standard InChI is InChI=1S/C11H17ClN2O3S/c1-3-17-7-6-14(2)18(15,16)11-5-4-9(13)8-10(11)12/h4-5,8H,3,6-7,13H2,1-2H3. The van der Waals surface area contributed by atoms with Gasteiger partial charge < -0.3 is 10.5 Å². The zero-order valence-corrected chi connectivity index (χ0v) is 12.0. The lowest BCUT2D eigenvalue weighted by atomic mass is 10.3. The van der Waals surface area contributed by atoms with Gasteiger partial charge in [-0.1, -0.05) is 11.6 Å². The highest BCUT2D eigenvalue weighted by Gasteiger charge is 2.23. The molecule has 1 aromatic carbocycles. The van der Waals surface area contributed by atoms with E-state index in [4.69, 9.17) is 22.1 Å². The average Bonchev–Trinajstić information content (AvgIpc) is 2.28. The van der Waals surface area contributed by atoms with Crippen molar-refractivity contribution in [3.63, 3.8) is 0 Å². The zero-order valence-electron chi connectivity index (χ0n) is 10.4. The molecular formula is C11H17ClN2O3S. The third kappa shape index (κ3) is 3.58. The third-order valence-corrected chi connectivity index (χ3v) is 4.74. The predicted octanol–water partition coefficient (Wildman–Crippen LogP) is 1.58. The van der Waals surface area contributed by atoms with Gasteiger partial charge in [0, 0.05) is 25.9 Å². The quantitative estimate of drug-likeness (QED) is 0.638. The van der Waals surface area contributed by atoms with E-state index in [1.807, 2.05) is 6.92 Å². The Labute approximate surface area is 113 Å². The van der Waals surface area contributed by atoms with Gasteiger partial charge in [-0.3, -0.25) is 0 Å². The molecule has 0 bridgehead atoms. The molecule has 0 saturated carbocycles. The summed E-state index contributed by atoms with van der Waals surface area (Å²) in [5.74, 6) is 0. The molecule has 0 aliphatic rings. The minimum Gasteiger partial charge on any atom is -0.399 e. The van der Waals surface area contributed by atoms with Crippen molar-refractivity contribution in [2.75, 3.05) is 32.5 Å². The molecule has 0 heterocycles. The first-order chi connectivity index (χ1) is 8.39. The lowest BCUT2D eigenvalue weighted by molar-refractivity contribution is 0.138. The summed E-state index contributed by atoms with van der Waals surface area (Å²) in [5, 5.41) is 0.123. The van der Waals surface area contributed by atoms with E-state index in [-0.39, 0.29) is 16.5 Å².